The van der Waals surface area contributed by atoms with Crippen molar-refractivity contribution in [3.05, 3.63) is 37.7 Å². The molecule has 1 N–H and O–H groups in total. The molecule has 0 bridgehead atoms. The second-order valence-electron chi connectivity index (χ2n) is 3.94. The molecule has 2 heterocycles. The monoisotopic (exact) mass is 329 g/mol. The molecule has 0 amide bonds. The zero-order valence-electron chi connectivity index (χ0n) is 9.91. The summed E-state index contributed by atoms with van der Waals surface area (Å²) in [5, 5.41) is 5.04. The predicted octanol–water partition coefficient (Wildman–Crippen LogP) is 4.98. The van der Waals surface area contributed by atoms with Crippen molar-refractivity contribution >= 4 is 61.8 Å². The van der Waals surface area contributed by atoms with Crippen LogP contribution in [0.4, 0.5) is 5.69 Å². The lowest BCUT2D eigenvalue weighted by Crippen LogP contribution is -1.97. The van der Waals surface area contributed by atoms with Crippen molar-refractivity contribution in [1.29, 1.82) is 0 Å². The Balaban J connectivity index is 1.86. The van der Waals surface area contributed by atoms with Gasteiger partial charge in [-0.05, 0) is 19.1 Å². The molecule has 0 radical (unpaired) electrons. The Kier molecular flexibility index (Phi) is 3.62. The number of aromatic nitrogens is 2. The van der Waals surface area contributed by atoms with Crippen LogP contribution in [-0.2, 0) is 6.54 Å². The highest BCUT2D eigenvalue weighted by atomic mass is 35.5. The van der Waals surface area contributed by atoms with E-state index in [1.165, 1.54) is 11.3 Å². The molecule has 0 fully saturated rings. The second-order valence-corrected chi connectivity index (χ2v) is 7.22. The summed E-state index contributed by atoms with van der Waals surface area (Å²) in [5.74, 6) is 0. The van der Waals surface area contributed by atoms with Crippen LogP contribution in [0, 0.1) is 6.92 Å². The number of hydrogen-bond acceptors (Lipinski definition) is 5. The van der Waals surface area contributed by atoms with Crippen LogP contribution in [0.3, 0.4) is 0 Å². The molecule has 0 spiro atoms. The molecule has 0 unspecified atom stereocenters. The molecule has 3 aromatic rings. The first-order chi connectivity index (χ1) is 9.13. The summed E-state index contributed by atoms with van der Waals surface area (Å²) in [5.41, 5.74) is 1.85. The molecule has 0 atom stereocenters. The molecule has 3 nitrogen and oxygen atoms in total. The fraction of sp³-hybridized carbons (Fsp3) is 0.167. The van der Waals surface area contributed by atoms with Crippen LogP contribution in [0.1, 0.15) is 9.88 Å². The molecule has 0 saturated heterocycles. The summed E-state index contributed by atoms with van der Waals surface area (Å²) in [6.07, 6.45) is 1.77. The third-order valence-corrected chi connectivity index (χ3v) is 5.21. The number of thiazole rings is 2. The summed E-state index contributed by atoms with van der Waals surface area (Å²) in [7, 11) is 0. The van der Waals surface area contributed by atoms with E-state index in [1.54, 1.807) is 17.5 Å². The van der Waals surface area contributed by atoms with Gasteiger partial charge in [-0.3, -0.25) is 0 Å². The van der Waals surface area contributed by atoms with Gasteiger partial charge in [0.15, 0.2) is 4.47 Å². The number of nitrogens with zero attached hydrogens (tertiary/aromatic N) is 2. The number of halogens is 2. The number of aryl methyl sites for hydroxylation is 1. The third kappa shape index (κ3) is 2.69. The molecular weight excluding hydrogens is 321 g/mol. The zero-order chi connectivity index (χ0) is 13.4. The van der Waals surface area contributed by atoms with Gasteiger partial charge in [0.05, 0.1) is 32.5 Å². The fourth-order valence-electron chi connectivity index (χ4n) is 1.76. The average molecular weight is 330 g/mol. The van der Waals surface area contributed by atoms with E-state index in [-0.39, 0.29) is 0 Å². The average Bonchev–Trinajstić information content (AvgIpc) is 2.94. The Morgan fingerprint density at radius 3 is 2.84 bits per heavy atom. The number of benzene rings is 1. The highest BCUT2D eigenvalue weighted by Gasteiger charge is 2.09. The molecule has 0 saturated carbocycles. The van der Waals surface area contributed by atoms with Gasteiger partial charge in [0.2, 0.25) is 0 Å². The largest absolute Gasteiger partial charge is 0.379 e. The van der Waals surface area contributed by atoms with Crippen molar-refractivity contribution in [2.45, 2.75) is 13.5 Å². The molecule has 0 aliphatic heterocycles. The Bertz CT molecular complexity index is 736. The lowest BCUT2D eigenvalue weighted by atomic mass is 10.3. The molecule has 7 heteroatoms. The van der Waals surface area contributed by atoms with Crippen molar-refractivity contribution in [2.24, 2.45) is 0 Å². The summed E-state index contributed by atoms with van der Waals surface area (Å²) < 4.78 is 1.57. The normalized spacial score (nSPS) is 11.1. The van der Waals surface area contributed by atoms with Crippen LogP contribution >= 0.6 is 45.9 Å². The van der Waals surface area contributed by atoms with Gasteiger partial charge in [0.1, 0.15) is 0 Å². The number of hydrogen-bond donors (Lipinski definition) is 1. The summed E-state index contributed by atoms with van der Waals surface area (Å²) in [6, 6.07) is 3.93. The highest BCUT2D eigenvalue weighted by molar-refractivity contribution is 7.19. The summed E-state index contributed by atoms with van der Waals surface area (Å²) >= 11 is 15.3. The van der Waals surface area contributed by atoms with Gasteiger partial charge in [-0.25, -0.2) is 9.97 Å². The van der Waals surface area contributed by atoms with Crippen LogP contribution in [0.25, 0.3) is 10.2 Å². The minimum Gasteiger partial charge on any atom is -0.379 e. The first kappa shape index (κ1) is 13.1. The highest BCUT2D eigenvalue weighted by Crippen LogP contribution is 2.35. The number of anilines is 1. The van der Waals surface area contributed by atoms with E-state index in [0.717, 1.165) is 30.8 Å². The lowest BCUT2D eigenvalue weighted by Gasteiger charge is -2.07. The maximum atomic E-state index is 6.40. The van der Waals surface area contributed by atoms with E-state index in [0.29, 0.717) is 11.0 Å². The first-order valence-electron chi connectivity index (χ1n) is 5.53. The van der Waals surface area contributed by atoms with E-state index in [4.69, 9.17) is 23.2 Å². The topological polar surface area (TPSA) is 37.8 Å². The van der Waals surface area contributed by atoms with Crippen molar-refractivity contribution in [3.63, 3.8) is 0 Å². The molecule has 98 valence electrons. The molecular formula is C12H9Cl2N3S2. The van der Waals surface area contributed by atoms with Gasteiger partial charge in [-0.2, -0.15) is 0 Å². The maximum absolute atomic E-state index is 6.40. The zero-order valence-corrected chi connectivity index (χ0v) is 13.1. The smallest absolute Gasteiger partial charge is 0.183 e. The van der Waals surface area contributed by atoms with Crippen LogP contribution in [0.2, 0.25) is 9.49 Å². The minimum atomic E-state index is 0.552. The van der Waals surface area contributed by atoms with Crippen molar-refractivity contribution < 1.29 is 0 Å². The van der Waals surface area contributed by atoms with E-state index in [2.05, 4.69) is 15.3 Å². The van der Waals surface area contributed by atoms with Gasteiger partial charge in [0.25, 0.3) is 0 Å². The quantitative estimate of drug-likeness (QED) is 0.736. The molecule has 0 aliphatic rings. The Labute approximate surface area is 128 Å². The number of nitrogens with one attached hydrogen (secondary N) is 1. The molecule has 1 aromatic carbocycles. The standard InChI is InChI=1S/C12H9Cl2N3S2/c1-6-17-9-3-2-8(10(13)11(9)18-6)15-4-7-5-16-12(14)19-7/h2-3,5,15H,4H2,1H3. The van der Waals surface area contributed by atoms with Crippen LogP contribution in [0.15, 0.2) is 18.3 Å². The van der Waals surface area contributed by atoms with Gasteiger partial charge in [0, 0.05) is 11.1 Å². The molecule has 0 aliphatic carbocycles. The summed E-state index contributed by atoms with van der Waals surface area (Å²) in [4.78, 5) is 9.50. The van der Waals surface area contributed by atoms with E-state index in [1.807, 2.05) is 19.1 Å². The number of rotatable bonds is 3. The van der Waals surface area contributed by atoms with Gasteiger partial charge >= 0.3 is 0 Å². The predicted molar refractivity (Wildman–Crippen MR) is 83.8 cm³/mol. The molecule has 2 aromatic heterocycles. The maximum Gasteiger partial charge on any atom is 0.183 e. The van der Waals surface area contributed by atoms with Crippen LogP contribution in [-0.4, -0.2) is 9.97 Å². The van der Waals surface area contributed by atoms with Gasteiger partial charge in [-0.1, -0.05) is 23.2 Å². The van der Waals surface area contributed by atoms with Crippen molar-refractivity contribution in [2.75, 3.05) is 5.32 Å². The molecule has 3 rings (SSSR count). The SMILES string of the molecule is Cc1nc2ccc(NCc3cnc(Cl)s3)c(Cl)c2s1. The minimum absolute atomic E-state index is 0.552. The van der Waals surface area contributed by atoms with Crippen molar-refractivity contribution in [1.82, 2.24) is 9.97 Å². The van der Waals surface area contributed by atoms with Gasteiger partial charge < -0.3 is 5.32 Å². The number of fused-ring (bicyclic) bond motifs is 1. The third-order valence-electron chi connectivity index (χ3n) is 2.58. The second kappa shape index (κ2) is 5.25. The first-order valence-corrected chi connectivity index (χ1v) is 7.92. The fourth-order valence-corrected chi connectivity index (χ4v) is 3.87. The molecule has 19 heavy (non-hydrogen) atoms. The van der Waals surface area contributed by atoms with Crippen LogP contribution < -0.4 is 5.32 Å². The van der Waals surface area contributed by atoms with Crippen molar-refractivity contribution in [3.8, 4) is 0 Å². The van der Waals surface area contributed by atoms with Crippen LogP contribution in [0.5, 0.6) is 0 Å². The van der Waals surface area contributed by atoms with Gasteiger partial charge in [-0.15, -0.1) is 22.7 Å². The lowest BCUT2D eigenvalue weighted by molar-refractivity contribution is 1.18. The summed E-state index contributed by atoms with van der Waals surface area (Å²) in [6.45, 7) is 2.64. The Morgan fingerprint density at radius 1 is 1.26 bits per heavy atom. The Morgan fingerprint density at radius 2 is 2.11 bits per heavy atom. The van der Waals surface area contributed by atoms with E-state index >= 15 is 0 Å². The van der Waals surface area contributed by atoms with E-state index < -0.39 is 0 Å². The van der Waals surface area contributed by atoms with E-state index in [9.17, 15) is 0 Å². The Hall–Kier alpha value is -0.880.